The summed E-state index contributed by atoms with van der Waals surface area (Å²) in [7, 11) is 0. The van der Waals surface area contributed by atoms with Crippen molar-refractivity contribution in [3.63, 3.8) is 0 Å². The van der Waals surface area contributed by atoms with Crippen molar-refractivity contribution in [2.24, 2.45) is 0 Å². The van der Waals surface area contributed by atoms with Crippen molar-refractivity contribution in [3.8, 4) is 0 Å². The SMILES string of the molecule is c1ccc([Te+]2CCCC2)cc1. The first kappa shape index (κ1) is 7.65. The van der Waals surface area contributed by atoms with Crippen LogP contribution in [0.5, 0.6) is 0 Å². The molecule has 0 unspecified atom stereocenters. The minimum absolute atomic E-state index is 0.733. The van der Waals surface area contributed by atoms with Gasteiger partial charge in [-0.25, -0.2) is 0 Å². The van der Waals surface area contributed by atoms with E-state index in [9.17, 15) is 0 Å². The maximum atomic E-state index is 2.34. The first-order valence-electron chi connectivity index (χ1n) is 4.19. The number of hydrogen-bond donors (Lipinski definition) is 0. The molecule has 0 amide bonds. The molecule has 1 aromatic rings. The van der Waals surface area contributed by atoms with Crippen LogP contribution in [-0.2, 0) is 0 Å². The summed E-state index contributed by atoms with van der Waals surface area (Å²) in [6.45, 7) is 0. The van der Waals surface area contributed by atoms with Gasteiger partial charge in [-0.2, -0.15) is 0 Å². The summed E-state index contributed by atoms with van der Waals surface area (Å²) in [4.78, 5) is 0. The van der Waals surface area contributed by atoms with Crippen LogP contribution in [0.3, 0.4) is 0 Å². The molecule has 1 heteroatoms. The summed E-state index contributed by atoms with van der Waals surface area (Å²) in [5, 5.41) is 0. The zero-order chi connectivity index (χ0) is 7.52. The van der Waals surface area contributed by atoms with Gasteiger partial charge in [0.1, 0.15) is 0 Å². The fraction of sp³-hybridized carbons (Fsp3) is 0.400. The van der Waals surface area contributed by atoms with E-state index in [0.29, 0.717) is 0 Å². The first-order chi connectivity index (χ1) is 5.47. The van der Waals surface area contributed by atoms with Gasteiger partial charge in [0.25, 0.3) is 0 Å². The van der Waals surface area contributed by atoms with Crippen LogP contribution < -0.4 is 3.61 Å². The second kappa shape index (κ2) is 3.61. The number of rotatable bonds is 1. The third-order valence-electron chi connectivity index (χ3n) is 2.11. The topological polar surface area (TPSA) is 0 Å². The van der Waals surface area contributed by atoms with Crippen LogP contribution in [0.15, 0.2) is 30.3 Å². The van der Waals surface area contributed by atoms with Crippen molar-refractivity contribution < 1.29 is 0 Å². The van der Waals surface area contributed by atoms with Gasteiger partial charge in [-0.15, -0.1) is 0 Å². The summed E-state index contributed by atoms with van der Waals surface area (Å²) in [5.41, 5.74) is 0. The van der Waals surface area contributed by atoms with Crippen molar-refractivity contribution in [1.29, 1.82) is 0 Å². The van der Waals surface area contributed by atoms with E-state index < -0.39 is 19.6 Å². The Balaban J connectivity index is 2.16. The van der Waals surface area contributed by atoms with Crippen molar-refractivity contribution in [1.82, 2.24) is 0 Å². The molecule has 1 aliphatic heterocycles. The van der Waals surface area contributed by atoms with E-state index in [4.69, 9.17) is 0 Å². The van der Waals surface area contributed by atoms with Crippen LogP contribution in [0, 0.1) is 0 Å². The summed E-state index contributed by atoms with van der Waals surface area (Å²) >= 11 is -0.733. The van der Waals surface area contributed by atoms with Crippen molar-refractivity contribution in [3.05, 3.63) is 30.3 Å². The van der Waals surface area contributed by atoms with Gasteiger partial charge >= 0.3 is 75.3 Å². The fourth-order valence-corrected chi connectivity index (χ4v) is 8.13. The van der Waals surface area contributed by atoms with E-state index in [1.54, 1.807) is 12.5 Å². The molecule has 0 aromatic heterocycles. The molecule has 0 nitrogen and oxygen atoms in total. The van der Waals surface area contributed by atoms with Crippen molar-refractivity contribution >= 4 is 23.2 Å². The molecule has 0 bridgehead atoms. The van der Waals surface area contributed by atoms with E-state index in [1.807, 2.05) is 0 Å². The Morgan fingerprint density at radius 3 is 2.18 bits per heavy atom. The molecule has 1 aromatic carbocycles. The van der Waals surface area contributed by atoms with Gasteiger partial charge < -0.3 is 0 Å². The molecule has 1 heterocycles. The Morgan fingerprint density at radius 2 is 1.55 bits per heavy atom. The summed E-state index contributed by atoms with van der Waals surface area (Å²) < 4.78 is 4.87. The Morgan fingerprint density at radius 1 is 0.909 bits per heavy atom. The quantitative estimate of drug-likeness (QED) is 0.679. The molecule has 0 atom stereocenters. The zero-order valence-corrected chi connectivity index (χ0v) is 8.95. The summed E-state index contributed by atoms with van der Waals surface area (Å²) in [5.74, 6) is 0. The van der Waals surface area contributed by atoms with Gasteiger partial charge in [0.15, 0.2) is 0 Å². The van der Waals surface area contributed by atoms with Crippen LogP contribution in [0.2, 0.25) is 8.94 Å². The standard InChI is InChI=1S/C10H13Te/c1-2-6-10(7-3-1)11-8-4-5-9-11/h1-3,6-7H,4-5,8-9H2/q+1. The van der Waals surface area contributed by atoms with Crippen molar-refractivity contribution in [2.45, 2.75) is 21.8 Å². The van der Waals surface area contributed by atoms with E-state index in [1.165, 1.54) is 12.8 Å². The Bertz CT molecular complexity index is 212. The molecule has 1 fully saturated rings. The average Bonchev–Trinajstić information content (AvgIpc) is 2.58. The second-order valence-electron chi connectivity index (χ2n) is 2.92. The second-order valence-corrected chi connectivity index (χ2v) is 9.41. The van der Waals surface area contributed by atoms with Crippen LogP contribution in [0.4, 0.5) is 0 Å². The Kier molecular flexibility index (Phi) is 2.51. The molecule has 0 saturated carbocycles. The normalized spacial score (nSPS) is 18.9. The molecule has 0 aliphatic carbocycles. The minimum atomic E-state index is -0.733. The van der Waals surface area contributed by atoms with E-state index in [0.717, 1.165) is 0 Å². The predicted octanol–water partition coefficient (Wildman–Crippen LogP) is 2.18. The van der Waals surface area contributed by atoms with Crippen LogP contribution in [0.1, 0.15) is 12.8 Å². The summed E-state index contributed by atoms with van der Waals surface area (Å²) in [6.07, 6.45) is 3.01. The van der Waals surface area contributed by atoms with Gasteiger partial charge in [-0.3, -0.25) is 0 Å². The van der Waals surface area contributed by atoms with E-state index in [2.05, 4.69) is 30.3 Å². The Hall–Kier alpha value is 0.00961. The Labute approximate surface area is 75.3 Å². The molecule has 0 spiro atoms. The van der Waals surface area contributed by atoms with E-state index in [-0.39, 0.29) is 0 Å². The average molecular weight is 261 g/mol. The summed E-state index contributed by atoms with van der Waals surface area (Å²) in [6, 6.07) is 11.2. The first-order valence-corrected chi connectivity index (χ1v) is 8.65. The van der Waals surface area contributed by atoms with Crippen LogP contribution >= 0.6 is 0 Å². The van der Waals surface area contributed by atoms with Gasteiger partial charge in [-0.05, 0) is 0 Å². The molecule has 0 N–H and O–H groups in total. The van der Waals surface area contributed by atoms with Gasteiger partial charge in [0.05, 0.1) is 0 Å². The molecule has 2 rings (SSSR count). The van der Waals surface area contributed by atoms with Gasteiger partial charge in [0.2, 0.25) is 0 Å². The van der Waals surface area contributed by atoms with Gasteiger partial charge in [-0.1, -0.05) is 0 Å². The molecule has 11 heavy (non-hydrogen) atoms. The van der Waals surface area contributed by atoms with Crippen LogP contribution in [0.25, 0.3) is 0 Å². The third-order valence-corrected chi connectivity index (χ3v) is 9.25. The zero-order valence-electron chi connectivity index (χ0n) is 6.62. The molecular formula is C10H13Te+. The maximum absolute atomic E-state index is 2.34. The molecule has 1 aliphatic rings. The predicted molar refractivity (Wildman–Crippen MR) is 50.7 cm³/mol. The fourth-order valence-electron chi connectivity index (χ4n) is 1.50. The van der Waals surface area contributed by atoms with Crippen molar-refractivity contribution in [2.75, 3.05) is 0 Å². The van der Waals surface area contributed by atoms with Crippen LogP contribution in [-0.4, -0.2) is 19.6 Å². The molecule has 1 saturated heterocycles. The monoisotopic (exact) mass is 263 g/mol. The number of hydrogen-bond acceptors (Lipinski definition) is 0. The van der Waals surface area contributed by atoms with E-state index >= 15 is 0 Å². The number of benzene rings is 1. The molecule has 0 radical (unpaired) electrons. The molecular weight excluding hydrogens is 248 g/mol. The molecule has 58 valence electrons. The third kappa shape index (κ3) is 1.78. The van der Waals surface area contributed by atoms with Gasteiger partial charge in [0, 0.05) is 0 Å².